The van der Waals surface area contributed by atoms with E-state index in [1.165, 1.54) is 38.8 Å². The zero-order valence-electron chi connectivity index (χ0n) is 13.4. The molecular formula is C14H30NO2S3Tc. The first-order chi connectivity index (χ1) is 10.3. The maximum absolute atomic E-state index is 8.22. The number of hydrogen-bond donors (Lipinski definition) is 0. The van der Waals surface area contributed by atoms with Crippen LogP contribution in [0.15, 0.2) is 0 Å². The third kappa shape index (κ3) is 30.0. The molecule has 0 aliphatic rings. The third-order valence-electron chi connectivity index (χ3n) is 2.52. The molecule has 0 aromatic carbocycles. The van der Waals surface area contributed by atoms with Gasteiger partial charge in [0.1, 0.15) is 0 Å². The number of ether oxygens (including phenoxy) is 1. The van der Waals surface area contributed by atoms with Crippen LogP contribution in [0.5, 0.6) is 0 Å². The fourth-order valence-corrected chi connectivity index (χ4v) is 1.94. The van der Waals surface area contributed by atoms with E-state index in [0.29, 0.717) is 24.7 Å². The summed E-state index contributed by atoms with van der Waals surface area (Å²) >= 11 is 15.1. The van der Waals surface area contributed by atoms with E-state index in [9.17, 15) is 0 Å². The van der Waals surface area contributed by atoms with Gasteiger partial charge in [-0.1, -0.05) is 26.7 Å². The quantitative estimate of drug-likeness (QED) is 0.343. The topological polar surface area (TPSA) is 29.5 Å². The van der Waals surface area contributed by atoms with Gasteiger partial charge >= 0.3 is 22.4 Å². The van der Waals surface area contributed by atoms with E-state index >= 15 is 0 Å². The number of hydrogen-bond acceptors (Lipinski definition) is 6. The van der Waals surface area contributed by atoms with Crippen molar-refractivity contribution in [3.63, 3.8) is 0 Å². The summed E-state index contributed by atoms with van der Waals surface area (Å²) < 4.78 is 13.1. The maximum atomic E-state index is 8.22. The Morgan fingerprint density at radius 3 is 1.52 bits per heavy atom. The fraction of sp³-hybridized carbons (Fsp3) is 1.00. The molecule has 7 heteroatoms. The van der Waals surface area contributed by atoms with Crippen LogP contribution in [0.2, 0.25) is 0 Å². The molecule has 21 heavy (non-hydrogen) atoms. The van der Waals surface area contributed by atoms with Crippen LogP contribution in [0.3, 0.4) is 0 Å². The summed E-state index contributed by atoms with van der Waals surface area (Å²) in [6.45, 7) is 9.42. The van der Waals surface area contributed by atoms with Crippen molar-refractivity contribution in [3.8, 4) is 0 Å². The first-order valence-electron chi connectivity index (χ1n) is 7.46. The van der Waals surface area contributed by atoms with Gasteiger partial charge in [-0.05, 0) is 32.5 Å². The van der Waals surface area contributed by atoms with Crippen molar-refractivity contribution in [1.82, 2.24) is 4.90 Å². The average Bonchev–Trinajstić information content (AvgIpc) is 2.53. The molecule has 128 valence electrons. The normalized spacial score (nSPS) is 9.57. The molecule has 0 aliphatic heterocycles. The molecular weight excluding hydrogens is 408 g/mol. The molecule has 0 amide bonds. The van der Waals surface area contributed by atoms with Gasteiger partial charge < -0.3 is 47.5 Å². The number of unbranched alkanes of at least 4 members (excludes halogenated alkanes) is 2. The minimum Gasteiger partial charge on any atom is -0.790 e. The van der Waals surface area contributed by atoms with Crippen molar-refractivity contribution in [1.29, 1.82) is 0 Å². The van der Waals surface area contributed by atoms with Crippen LogP contribution < -0.4 is 0 Å². The summed E-state index contributed by atoms with van der Waals surface area (Å²) in [6, 6.07) is 0. The smallest absolute Gasteiger partial charge is 0.0247 e. The Kier molecular flexibility index (Phi) is 38.2. The van der Waals surface area contributed by atoms with Crippen molar-refractivity contribution >= 4 is 37.9 Å². The molecule has 0 aromatic heterocycles. The van der Waals surface area contributed by atoms with Crippen LogP contribution in [0, 0.1) is 0 Å². The van der Waals surface area contributed by atoms with E-state index in [0.717, 1.165) is 31.2 Å². The third-order valence-corrected chi connectivity index (χ3v) is 3.03. The second-order valence-corrected chi connectivity index (χ2v) is 5.50. The Hall–Kier alpha value is 1.42. The Morgan fingerprint density at radius 1 is 0.810 bits per heavy atom. The number of nitrogens with zero attached hydrogens (tertiary/aromatic N) is 1. The second-order valence-electron chi connectivity index (χ2n) is 4.27. The summed E-state index contributed by atoms with van der Waals surface area (Å²) in [5.41, 5.74) is 0. The van der Waals surface area contributed by atoms with Gasteiger partial charge in [-0.25, -0.2) is 0 Å². The first-order valence-corrected chi connectivity index (χ1v) is 9.95. The first kappa shape index (κ1) is 27.3. The summed E-state index contributed by atoms with van der Waals surface area (Å²) in [5, 5.41) is 0. The van der Waals surface area contributed by atoms with Crippen LogP contribution in [0.25, 0.3) is 0 Å². The number of rotatable bonds is 12. The summed E-state index contributed by atoms with van der Waals surface area (Å²) in [4.78, 5) is 2.50. The Balaban J connectivity index is -0.000000307. The summed E-state index contributed by atoms with van der Waals surface area (Å²) in [5.74, 6) is 2.23. The average molecular weight is 439 g/mol. The van der Waals surface area contributed by atoms with Crippen molar-refractivity contribution < 1.29 is 27.1 Å². The predicted molar refractivity (Wildman–Crippen MR) is 94.5 cm³/mol. The van der Waals surface area contributed by atoms with E-state index in [1.807, 2.05) is 0 Å². The van der Waals surface area contributed by atoms with Crippen molar-refractivity contribution in [2.45, 2.75) is 39.5 Å². The van der Waals surface area contributed by atoms with Gasteiger partial charge in [0.15, 0.2) is 0 Å². The molecule has 0 saturated heterocycles. The molecule has 0 atom stereocenters. The summed E-state index contributed by atoms with van der Waals surface area (Å²) in [6.07, 6.45) is 5.22. The molecule has 0 heterocycles. The molecule has 0 N–H and O–H groups in total. The van der Waals surface area contributed by atoms with Crippen molar-refractivity contribution in [2.75, 3.05) is 50.1 Å². The zero-order valence-corrected chi connectivity index (χ0v) is 17.7. The van der Waals surface area contributed by atoms with E-state index in [1.54, 1.807) is 0 Å². The van der Waals surface area contributed by atoms with Gasteiger partial charge in [0.05, 0.1) is 0 Å². The van der Waals surface area contributed by atoms with Crippen LogP contribution in [0.1, 0.15) is 39.5 Å². The Morgan fingerprint density at radius 2 is 1.24 bits per heavy atom. The Labute approximate surface area is 159 Å². The van der Waals surface area contributed by atoms with Gasteiger partial charge in [0.25, 0.3) is 0 Å². The van der Waals surface area contributed by atoms with Crippen molar-refractivity contribution in [3.05, 3.63) is 0 Å². The van der Waals surface area contributed by atoms with Crippen LogP contribution in [-0.4, -0.2) is 55.0 Å². The van der Waals surface area contributed by atoms with Gasteiger partial charge in [0, 0.05) is 13.2 Å². The molecule has 0 fully saturated rings. The predicted octanol–water partition coefficient (Wildman–Crippen LogP) is 2.41. The van der Waals surface area contributed by atoms with E-state index in [4.69, 9.17) is 20.9 Å². The SMILES string of the molecule is CCCCN(CC[S-])CCCC.[O]=[Tc+3].[S-]CCOCC[S-]. The molecule has 3 nitrogen and oxygen atoms in total. The zero-order chi connectivity index (χ0) is 16.8. The second kappa shape index (κ2) is 29.4. The molecule has 0 aliphatic carbocycles. The van der Waals surface area contributed by atoms with E-state index in [-0.39, 0.29) is 0 Å². The molecule has 0 unspecified atom stereocenters. The molecule has 0 rings (SSSR count). The van der Waals surface area contributed by atoms with Crippen LogP contribution >= 0.6 is 0 Å². The van der Waals surface area contributed by atoms with Gasteiger partial charge in [-0.15, -0.1) is 0 Å². The van der Waals surface area contributed by atoms with Crippen LogP contribution in [0.4, 0.5) is 0 Å². The monoisotopic (exact) mass is 437 g/mol. The fourth-order valence-electron chi connectivity index (χ4n) is 1.45. The molecule has 0 radical (unpaired) electrons. The van der Waals surface area contributed by atoms with Crippen LogP contribution in [-0.2, 0) is 65.0 Å². The standard InChI is InChI=1S/C10H23NS.C4H10OS2.O.Tc/c1-3-5-7-11(9-10-12)8-6-4-2;6-3-1-5-2-4-7;;/h12H,3-10H2,1-2H3;6-7H,1-4H2;;/q;;;+3/p-3. The molecule has 0 saturated carbocycles. The largest absolute Gasteiger partial charge is 0.790 e. The minimum atomic E-state index is 0.673. The molecule has 0 aromatic rings. The Bertz CT molecular complexity index is 159. The van der Waals surface area contributed by atoms with Gasteiger partial charge in [0.2, 0.25) is 0 Å². The minimum absolute atomic E-state index is 0.673. The van der Waals surface area contributed by atoms with Gasteiger partial charge in [-0.2, -0.15) is 17.3 Å². The molecule has 0 bridgehead atoms. The van der Waals surface area contributed by atoms with Crippen molar-refractivity contribution in [2.24, 2.45) is 0 Å². The van der Waals surface area contributed by atoms with E-state index in [2.05, 4.69) is 44.0 Å². The van der Waals surface area contributed by atoms with E-state index < -0.39 is 0 Å². The molecule has 0 spiro atoms. The summed E-state index contributed by atoms with van der Waals surface area (Å²) in [7, 11) is 0. The maximum Gasteiger partial charge on any atom is 0.0247 e. The van der Waals surface area contributed by atoms with Gasteiger partial charge in [-0.3, -0.25) is 0 Å².